The molecular formula is C20H20O2. The largest absolute Gasteiger partial charge is 0.497 e. The smallest absolute Gasteiger partial charge is 0.194 e. The Kier molecular flexibility index (Phi) is 4.10. The van der Waals surface area contributed by atoms with E-state index in [-0.39, 0.29) is 5.78 Å². The number of Topliss-reactive ketones (excluding diaryl/α,β-unsaturated/α-hetero) is 1. The molecule has 22 heavy (non-hydrogen) atoms. The molecule has 0 N–H and O–H groups in total. The molecule has 1 aliphatic rings. The quantitative estimate of drug-likeness (QED) is 0.775. The maximum absolute atomic E-state index is 12.8. The van der Waals surface area contributed by atoms with Gasteiger partial charge in [0.2, 0.25) is 0 Å². The van der Waals surface area contributed by atoms with Crippen molar-refractivity contribution < 1.29 is 9.53 Å². The Morgan fingerprint density at radius 3 is 2.27 bits per heavy atom. The third kappa shape index (κ3) is 2.45. The molecule has 0 amide bonds. The number of carbonyl (C=O) groups excluding carboxylic acids is 1. The molecule has 2 aromatic carbocycles. The molecule has 0 unspecified atom stereocenters. The van der Waals surface area contributed by atoms with Crippen LogP contribution >= 0.6 is 0 Å². The highest BCUT2D eigenvalue weighted by Crippen LogP contribution is 2.41. The van der Waals surface area contributed by atoms with Gasteiger partial charge in [0.25, 0.3) is 0 Å². The molecule has 2 aromatic rings. The molecule has 0 spiro atoms. The van der Waals surface area contributed by atoms with Crippen molar-refractivity contribution in [2.75, 3.05) is 7.11 Å². The number of hydrogen-bond acceptors (Lipinski definition) is 2. The predicted octanol–water partition coefficient (Wildman–Crippen LogP) is 4.99. The standard InChI is InChI=1S/C20H20O2/c1-3-4-7-17-16-8-5-6-9-18(16)20(21)19(17)14-10-12-15(22-2)13-11-14/h5-6,8-13H,3-4,7H2,1-2H3. The summed E-state index contributed by atoms with van der Waals surface area (Å²) >= 11 is 0. The van der Waals surface area contributed by atoms with Gasteiger partial charge in [0, 0.05) is 11.1 Å². The monoisotopic (exact) mass is 292 g/mol. The maximum atomic E-state index is 12.8. The number of hydrogen-bond donors (Lipinski definition) is 0. The Balaban J connectivity index is 2.10. The van der Waals surface area contributed by atoms with Crippen LogP contribution in [0.25, 0.3) is 11.1 Å². The second-order valence-corrected chi connectivity index (χ2v) is 5.56. The van der Waals surface area contributed by atoms with Crippen LogP contribution in [0.15, 0.2) is 48.5 Å². The third-order valence-corrected chi connectivity index (χ3v) is 4.18. The average molecular weight is 292 g/mol. The van der Waals surface area contributed by atoms with Crippen molar-refractivity contribution in [3.63, 3.8) is 0 Å². The number of ketones is 1. The number of allylic oxidation sites excluding steroid dienone is 2. The molecule has 0 radical (unpaired) electrons. The van der Waals surface area contributed by atoms with Gasteiger partial charge in [-0.05, 0) is 41.7 Å². The number of methoxy groups -OCH3 is 1. The molecule has 0 bridgehead atoms. The zero-order chi connectivity index (χ0) is 15.5. The van der Waals surface area contributed by atoms with E-state index >= 15 is 0 Å². The summed E-state index contributed by atoms with van der Waals surface area (Å²) in [5.41, 5.74) is 4.96. The lowest BCUT2D eigenvalue weighted by molar-refractivity contribution is 0.105. The molecule has 0 fully saturated rings. The van der Waals surface area contributed by atoms with Gasteiger partial charge in [-0.3, -0.25) is 4.79 Å². The van der Waals surface area contributed by atoms with E-state index in [1.54, 1.807) is 7.11 Å². The molecule has 0 aliphatic heterocycles. The lowest BCUT2D eigenvalue weighted by atomic mass is 9.96. The van der Waals surface area contributed by atoms with Crippen molar-refractivity contribution >= 4 is 16.9 Å². The first-order valence-corrected chi connectivity index (χ1v) is 7.78. The fourth-order valence-corrected chi connectivity index (χ4v) is 3.03. The number of carbonyl (C=O) groups is 1. The van der Waals surface area contributed by atoms with Gasteiger partial charge in [0.15, 0.2) is 5.78 Å². The van der Waals surface area contributed by atoms with E-state index in [9.17, 15) is 4.79 Å². The minimum absolute atomic E-state index is 0.145. The molecule has 0 saturated heterocycles. The van der Waals surface area contributed by atoms with Crippen LogP contribution < -0.4 is 4.74 Å². The van der Waals surface area contributed by atoms with Gasteiger partial charge in [-0.25, -0.2) is 0 Å². The lowest BCUT2D eigenvalue weighted by Gasteiger charge is -2.08. The van der Waals surface area contributed by atoms with Gasteiger partial charge in [0.05, 0.1) is 7.11 Å². The fraction of sp³-hybridized carbons (Fsp3) is 0.250. The van der Waals surface area contributed by atoms with Gasteiger partial charge in [-0.1, -0.05) is 49.7 Å². The summed E-state index contributed by atoms with van der Waals surface area (Å²) in [5.74, 6) is 0.953. The summed E-state index contributed by atoms with van der Waals surface area (Å²) in [7, 11) is 1.65. The number of rotatable bonds is 5. The highest BCUT2D eigenvalue weighted by atomic mass is 16.5. The summed E-state index contributed by atoms with van der Waals surface area (Å²) in [6.07, 6.45) is 3.16. The molecule has 1 aliphatic carbocycles. The first-order valence-electron chi connectivity index (χ1n) is 7.78. The van der Waals surface area contributed by atoms with E-state index in [1.807, 2.05) is 42.5 Å². The van der Waals surface area contributed by atoms with Crippen LogP contribution in [0.5, 0.6) is 5.75 Å². The van der Waals surface area contributed by atoms with Crippen LogP contribution in [0.4, 0.5) is 0 Å². The molecule has 3 rings (SSSR count). The third-order valence-electron chi connectivity index (χ3n) is 4.18. The SMILES string of the molecule is CCCCC1=C(c2ccc(OC)cc2)C(=O)c2ccccc21. The van der Waals surface area contributed by atoms with E-state index < -0.39 is 0 Å². The van der Waals surface area contributed by atoms with Crippen molar-refractivity contribution in [1.29, 1.82) is 0 Å². The van der Waals surface area contributed by atoms with Crippen molar-refractivity contribution in [2.45, 2.75) is 26.2 Å². The van der Waals surface area contributed by atoms with Crippen LogP contribution in [0.2, 0.25) is 0 Å². The summed E-state index contributed by atoms with van der Waals surface area (Å²) in [6, 6.07) is 15.7. The Morgan fingerprint density at radius 2 is 1.64 bits per heavy atom. The second-order valence-electron chi connectivity index (χ2n) is 5.56. The zero-order valence-electron chi connectivity index (χ0n) is 13.1. The van der Waals surface area contributed by atoms with Gasteiger partial charge >= 0.3 is 0 Å². The maximum Gasteiger partial charge on any atom is 0.194 e. The van der Waals surface area contributed by atoms with Crippen LogP contribution in [0, 0.1) is 0 Å². The van der Waals surface area contributed by atoms with Gasteiger partial charge < -0.3 is 4.74 Å². The highest BCUT2D eigenvalue weighted by molar-refractivity contribution is 6.39. The van der Waals surface area contributed by atoms with Crippen LogP contribution in [0.1, 0.15) is 47.7 Å². The van der Waals surface area contributed by atoms with E-state index in [2.05, 4.69) is 13.0 Å². The van der Waals surface area contributed by atoms with E-state index in [4.69, 9.17) is 4.74 Å². The molecule has 2 nitrogen and oxygen atoms in total. The first-order chi connectivity index (χ1) is 10.8. The number of benzene rings is 2. The lowest BCUT2D eigenvalue weighted by Crippen LogP contribution is -1.98. The average Bonchev–Trinajstić information content (AvgIpc) is 2.86. The fourth-order valence-electron chi connectivity index (χ4n) is 3.03. The topological polar surface area (TPSA) is 26.3 Å². The first kappa shape index (κ1) is 14.6. The second kappa shape index (κ2) is 6.18. The normalized spacial score (nSPS) is 13.5. The van der Waals surface area contributed by atoms with Crippen molar-refractivity contribution in [3.8, 4) is 5.75 Å². The van der Waals surface area contributed by atoms with Crippen molar-refractivity contribution in [1.82, 2.24) is 0 Å². The van der Waals surface area contributed by atoms with Crippen molar-refractivity contribution in [3.05, 3.63) is 65.2 Å². The van der Waals surface area contributed by atoms with E-state index in [1.165, 1.54) is 5.57 Å². The predicted molar refractivity (Wildman–Crippen MR) is 90.1 cm³/mol. The van der Waals surface area contributed by atoms with Gasteiger partial charge in [-0.15, -0.1) is 0 Å². The molecular weight excluding hydrogens is 272 g/mol. The Morgan fingerprint density at radius 1 is 0.955 bits per heavy atom. The van der Waals surface area contributed by atoms with Gasteiger partial charge in [-0.2, -0.15) is 0 Å². The number of unbranched alkanes of at least 4 members (excludes halogenated alkanes) is 1. The minimum atomic E-state index is 0.145. The van der Waals surface area contributed by atoms with E-state index in [0.717, 1.165) is 47.3 Å². The summed E-state index contributed by atoms with van der Waals surface area (Å²) in [5, 5.41) is 0. The number of fused-ring (bicyclic) bond motifs is 1. The summed E-state index contributed by atoms with van der Waals surface area (Å²) < 4.78 is 5.21. The van der Waals surface area contributed by atoms with Crippen molar-refractivity contribution in [2.24, 2.45) is 0 Å². The summed E-state index contributed by atoms with van der Waals surface area (Å²) in [4.78, 5) is 12.8. The molecule has 0 atom stereocenters. The molecule has 0 aromatic heterocycles. The number of ether oxygens (including phenoxy) is 1. The van der Waals surface area contributed by atoms with Gasteiger partial charge in [0.1, 0.15) is 5.75 Å². The summed E-state index contributed by atoms with van der Waals surface area (Å²) in [6.45, 7) is 2.18. The van der Waals surface area contributed by atoms with Crippen LogP contribution in [-0.2, 0) is 0 Å². The zero-order valence-corrected chi connectivity index (χ0v) is 13.1. The Hall–Kier alpha value is -2.35. The van der Waals surface area contributed by atoms with Crippen LogP contribution in [-0.4, -0.2) is 12.9 Å². The molecule has 0 saturated carbocycles. The Bertz CT molecular complexity index is 724. The Labute approximate surface area is 131 Å². The van der Waals surface area contributed by atoms with Crippen LogP contribution in [0.3, 0.4) is 0 Å². The van der Waals surface area contributed by atoms with E-state index in [0.29, 0.717) is 0 Å². The minimum Gasteiger partial charge on any atom is -0.497 e. The molecule has 2 heteroatoms. The molecule has 0 heterocycles. The highest BCUT2D eigenvalue weighted by Gasteiger charge is 2.29. The molecule has 112 valence electrons.